The van der Waals surface area contributed by atoms with E-state index >= 15 is 0 Å². The molecular formula is C14H17Cl2FN2O. The Kier molecular flexibility index (Phi) is 5.64. The van der Waals surface area contributed by atoms with Crippen molar-refractivity contribution in [2.75, 3.05) is 25.5 Å². The Balaban J connectivity index is 2.23. The van der Waals surface area contributed by atoms with Gasteiger partial charge in [-0.3, -0.25) is 9.69 Å². The zero-order valence-electron chi connectivity index (χ0n) is 11.0. The zero-order valence-corrected chi connectivity index (χ0v) is 12.6. The van der Waals surface area contributed by atoms with Crippen LogP contribution < -0.4 is 5.32 Å². The van der Waals surface area contributed by atoms with Crippen molar-refractivity contribution in [3.63, 3.8) is 0 Å². The molecule has 3 nitrogen and oxygen atoms in total. The maximum atomic E-state index is 14.1. The van der Waals surface area contributed by atoms with Gasteiger partial charge in [-0.1, -0.05) is 17.7 Å². The molecule has 0 spiro atoms. The zero-order chi connectivity index (χ0) is 14.5. The second kappa shape index (κ2) is 7.25. The summed E-state index contributed by atoms with van der Waals surface area (Å²) in [4.78, 5) is 13.5. The SMILES string of the molecule is O=C(CCl)NCC(c1c(F)cccc1Cl)N1CCCC1. The Labute approximate surface area is 128 Å². The molecule has 1 atom stereocenters. The predicted octanol–water partition coefficient (Wildman–Crippen LogP) is 2.97. The van der Waals surface area contributed by atoms with Crippen LogP contribution in [-0.4, -0.2) is 36.3 Å². The predicted molar refractivity (Wildman–Crippen MR) is 78.7 cm³/mol. The molecule has 0 aromatic heterocycles. The lowest BCUT2D eigenvalue weighted by Gasteiger charge is -2.29. The average molecular weight is 319 g/mol. The van der Waals surface area contributed by atoms with E-state index in [4.69, 9.17) is 23.2 Å². The van der Waals surface area contributed by atoms with Crippen LogP contribution in [0, 0.1) is 5.82 Å². The van der Waals surface area contributed by atoms with Gasteiger partial charge in [-0.15, -0.1) is 11.6 Å². The third-order valence-electron chi connectivity index (χ3n) is 3.53. The highest BCUT2D eigenvalue weighted by molar-refractivity contribution is 6.31. The maximum Gasteiger partial charge on any atom is 0.234 e. The van der Waals surface area contributed by atoms with Gasteiger partial charge in [-0.05, 0) is 38.1 Å². The summed E-state index contributed by atoms with van der Waals surface area (Å²) in [6.45, 7) is 2.07. The number of hydrogen-bond donors (Lipinski definition) is 1. The highest BCUT2D eigenvalue weighted by atomic mass is 35.5. The molecule has 1 aliphatic rings. The normalized spacial score (nSPS) is 17.1. The summed E-state index contributed by atoms with van der Waals surface area (Å²) >= 11 is 11.6. The minimum atomic E-state index is -0.338. The van der Waals surface area contributed by atoms with E-state index < -0.39 is 0 Å². The van der Waals surface area contributed by atoms with Crippen molar-refractivity contribution >= 4 is 29.1 Å². The molecule has 1 heterocycles. The molecule has 0 saturated carbocycles. The molecule has 0 radical (unpaired) electrons. The molecule has 2 rings (SSSR count). The van der Waals surface area contributed by atoms with E-state index in [1.54, 1.807) is 12.1 Å². The van der Waals surface area contributed by atoms with Crippen molar-refractivity contribution in [1.82, 2.24) is 10.2 Å². The molecule has 0 bridgehead atoms. The summed E-state index contributed by atoms with van der Waals surface area (Å²) in [6.07, 6.45) is 2.15. The van der Waals surface area contributed by atoms with Gasteiger partial charge in [0.2, 0.25) is 5.91 Å². The summed E-state index contributed by atoms with van der Waals surface area (Å²) in [5.74, 6) is -0.699. The maximum absolute atomic E-state index is 14.1. The first kappa shape index (κ1) is 15.5. The minimum Gasteiger partial charge on any atom is -0.353 e. The van der Waals surface area contributed by atoms with E-state index in [1.807, 2.05) is 0 Å². The number of nitrogens with one attached hydrogen (secondary N) is 1. The second-order valence-electron chi connectivity index (χ2n) is 4.83. The first-order valence-electron chi connectivity index (χ1n) is 6.64. The van der Waals surface area contributed by atoms with Gasteiger partial charge < -0.3 is 5.32 Å². The summed E-state index contributed by atoms with van der Waals surface area (Å²) in [5, 5.41) is 3.12. The number of benzene rings is 1. The van der Waals surface area contributed by atoms with Crippen molar-refractivity contribution in [3.8, 4) is 0 Å². The molecule has 0 aliphatic carbocycles. The highest BCUT2D eigenvalue weighted by Crippen LogP contribution is 2.31. The lowest BCUT2D eigenvalue weighted by molar-refractivity contribution is -0.118. The van der Waals surface area contributed by atoms with E-state index in [0.29, 0.717) is 17.1 Å². The quantitative estimate of drug-likeness (QED) is 0.846. The molecule has 110 valence electrons. The van der Waals surface area contributed by atoms with Crippen LogP contribution in [-0.2, 0) is 4.79 Å². The van der Waals surface area contributed by atoms with Gasteiger partial charge >= 0.3 is 0 Å². The number of alkyl halides is 1. The van der Waals surface area contributed by atoms with Gasteiger partial charge in [0.1, 0.15) is 11.7 Å². The van der Waals surface area contributed by atoms with Crippen LogP contribution in [0.4, 0.5) is 4.39 Å². The molecule has 1 amide bonds. The number of hydrogen-bond acceptors (Lipinski definition) is 2. The molecular weight excluding hydrogens is 302 g/mol. The molecule has 1 aromatic rings. The van der Waals surface area contributed by atoms with Crippen LogP contribution in [0.5, 0.6) is 0 Å². The van der Waals surface area contributed by atoms with Crippen LogP contribution in [0.2, 0.25) is 5.02 Å². The molecule has 1 unspecified atom stereocenters. The van der Waals surface area contributed by atoms with Crippen molar-refractivity contribution in [1.29, 1.82) is 0 Å². The average Bonchev–Trinajstić information content (AvgIpc) is 2.95. The lowest BCUT2D eigenvalue weighted by atomic mass is 10.0. The second-order valence-corrected chi connectivity index (χ2v) is 5.51. The summed E-state index contributed by atoms with van der Waals surface area (Å²) in [6, 6.07) is 4.40. The standard InChI is InChI=1S/C14H17Cl2FN2O/c15-8-13(20)18-9-12(19-6-1-2-7-19)14-10(16)4-3-5-11(14)17/h3-5,12H,1-2,6-9H2,(H,18,20). The fourth-order valence-corrected chi connectivity index (χ4v) is 2.94. The van der Waals surface area contributed by atoms with Crippen LogP contribution in [0.25, 0.3) is 0 Å². The number of amides is 1. The third-order valence-corrected chi connectivity index (χ3v) is 4.10. The molecule has 1 aliphatic heterocycles. The lowest BCUT2D eigenvalue weighted by Crippen LogP contribution is -2.37. The van der Waals surface area contributed by atoms with Gasteiger partial charge in [-0.2, -0.15) is 0 Å². The first-order chi connectivity index (χ1) is 9.63. The summed E-state index contributed by atoms with van der Waals surface area (Å²) < 4.78 is 14.1. The van der Waals surface area contributed by atoms with Gasteiger partial charge in [-0.25, -0.2) is 4.39 Å². The van der Waals surface area contributed by atoms with E-state index in [0.717, 1.165) is 25.9 Å². The number of carbonyl (C=O) groups is 1. The molecule has 1 fully saturated rings. The number of nitrogens with zero attached hydrogens (tertiary/aromatic N) is 1. The van der Waals surface area contributed by atoms with Crippen LogP contribution >= 0.6 is 23.2 Å². The molecule has 1 saturated heterocycles. The van der Waals surface area contributed by atoms with Crippen molar-refractivity contribution in [3.05, 3.63) is 34.6 Å². The largest absolute Gasteiger partial charge is 0.353 e. The molecule has 20 heavy (non-hydrogen) atoms. The van der Waals surface area contributed by atoms with Crippen LogP contribution in [0.1, 0.15) is 24.4 Å². The van der Waals surface area contributed by atoms with E-state index in [-0.39, 0.29) is 23.6 Å². The van der Waals surface area contributed by atoms with Crippen LogP contribution in [0.15, 0.2) is 18.2 Å². The Morgan fingerprint density at radius 2 is 2.10 bits per heavy atom. The highest BCUT2D eigenvalue weighted by Gasteiger charge is 2.27. The Hall–Kier alpha value is -0.840. The van der Waals surface area contributed by atoms with E-state index in [2.05, 4.69) is 10.2 Å². The Morgan fingerprint density at radius 1 is 1.40 bits per heavy atom. The van der Waals surface area contributed by atoms with Crippen molar-refractivity contribution < 1.29 is 9.18 Å². The monoisotopic (exact) mass is 318 g/mol. The number of halogens is 3. The Morgan fingerprint density at radius 3 is 2.70 bits per heavy atom. The summed E-state index contributed by atoms with van der Waals surface area (Å²) in [7, 11) is 0. The minimum absolute atomic E-state index is 0.0995. The van der Waals surface area contributed by atoms with E-state index in [9.17, 15) is 9.18 Å². The van der Waals surface area contributed by atoms with Crippen LogP contribution in [0.3, 0.4) is 0 Å². The van der Waals surface area contributed by atoms with E-state index in [1.165, 1.54) is 6.07 Å². The molecule has 1 aromatic carbocycles. The Bertz CT molecular complexity index is 458. The molecule has 6 heteroatoms. The van der Waals surface area contributed by atoms with Gasteiger partial charge in [0.05, 0.1) is 6.04 Å². The number of carbonyl (C=O) groups excluding carboxylic acids is 1. The van der Waals surface area contributed by atoms with Gasteiger partial charge in [0.15, 0.2) is 0 Å². The number of likely N-dealkylation sites (tertiary alicyclic amines) is 1. The third kappa shape index (κ3) is 3.62. The topological polar surface area (TPSA) is 32.3 Å². The smallest absolute Gasteiger partial charge is 0.234 e. The van der Waals surface area contributed by atoms with Crippen molar-refractivity contribution in [2.45, 2.75) is 18.9 Å². The fraction of sp³-hybridized carbons (Fsp3) is 0.500. The molecule has 1 N–H and O–H groups in total. The first-order valence-corrected chi connectivity index (χ1v) is 7.55. The van der Waals surface area contributed by atoms with Gasteiger partial charge in [0.25, 0.3) is 0 Å². The fourth-order valence-electron chi connectivity index (χ4n) is 2.55. The number of rotatable bonds is 5. The van der Waals surface area contributed by atoms with Gasteiger partial charge in [0, 0.05) is 17.1 Å². The summed E-state index contributed by atoms with van der Waals surface area (Å²) in [5.41, 5.74) is 0.450. The van der Waals surface area contributed by atoms with Crippen molar-refractivity contribution in [2.24, 2.45) is 0 Å².